The van der Waals surface area contributed by atoms with E-state index in [0.29, 0.717) is 17.9 Å². The average Bonchev–Trinajstić information content (AvgIpc) is 2.90. The molecule has 4 atom stereocenters. The van der Waals surface area contributed by atoms with Crippen molar-refractivity contribution in [2.75, 3.05) is 0 Å². The summed E-state index contributed by atoms with van der Waals surface area (Å²) in [5.74, 6) is -1.30. The summed E-state index contributed by atoms with van der Waals surface area (Å²) in [4.78, 5) is 39.4. The van der Waals surface area contributed by atoms with Crippen molar-refractivity contribution in [3.05, 3.63) is 47.0 Å². The molecule has 1 aromatic rings. The zero-order valence-electron chi connectivity index (χ0n) is 15.8. The molecule has 3 rings (SSSR count). The number of carbonyl (C=O) groups excluding carboxylic acids is 3. The van der Waals surface area contributed by atoms with Gasteiger partial charge in [-0.2, -0.15) is 0 Å². The van der Waals surface area contributed by atoms with E-state index < -0.39 is 6.04 Å². The summed E-state index contributed by atoms with van der Waals surface area (Å²) >= 11 is 5.96. The number of nitrogens with one attached hydrogen (secondary N) is 1. The Morgan fingerprint density at radius 2 is 1.56 bits per heavy atom. The summed E-state index contributed by atoms with van der Waals surface area (Å²) < 4.78 is 0. The minimum absolute atomic E-state index is 0.138. The third kappa shape index (κ3) is 3.79. The van der Waals surface area contributed by atoms with E-state index in [0.717, 1.165) is 10.5 Å². The molecule has 144 valence electrons. The Morgan fingerprint density at radius 1 is 1.04 bits per heavy atom. The average molecular weight is 389 g/mol. The Hall–Kier alpha value is -2.14. The van der Waals surface area contributed by atoms with Crippen LogP contribution in [-0.4, -0.2) is 28.7 Å². The van der Waals surface area contributed by atoms with Crippen LogP contribution in [0.25, 0.3) is 0 Å². The van der Waals surface area contributed by atoms with Crippen LogP contribution in [0.2, 0.25) is 5.02 Å². The highest BCUT2D eigenvalue weighted by Crippen LogP contribution is 2.36. The summed E-state index contributed by atoms with van der Waals surface area (Å²) in [5.41, 5.74) is 0.937. The fraction of sp³-hybridized carbons (Fsp3) is 0.476. The third-order valence-corrected chi connectivity index (χ3v) is 5.75. The molecule has 0 saturated carbocycles. The van der Waals surface area contributed by atoms with Gasteiger partial charge in [0.25, 0.3) is 0 Å². The van der Waals surface area contributed by atoms with E-state index in [1.165, 1.54) is 0 Å². The van der Waals surface area contributed by atoms with Gasteiger partial charge in [0, 0.05) is 5.02 Å². The van der Waals surface area contributed by atoms with Gasteiger partial charge >= 0.3 is 0 Å². The Bertz CT molecular complexity index is 746. The lowest BCUT2D eigenvalue weighted by molar-refractivity contribution is -0.147. The van der Waals surface area contributed by atoms with Crippen LogP contribution in [0.5, 0.6) is 0 Å². The molecule has 0 bridgehead atoms. The quantitative estimate of drug-likeness (QED) is 0.620. The summed E-state index contributed by atoms with van der Waals surface area (Å²) in [7, 11) is 0. The highest BCUT2D eigenvalue weighted by Gasteiger charge is 2.50. The first-order chi connectivity index (χ1) is 12.8. The fourth-order valence-electron chi connectivity index (χ4n) is 3.90. The van der Waals surface area contributed by atoms with Gasteiger partial charge in [0.15, 0.2) is 0 Å². The molecule has 1 aromatic carbocycles. The minimum atomic E-state index is -0.829. The van der Waals surface area contributed by atoms with Crippen LogP contribution in [0.4, 0.5) is 0 Å². The molecule has 1 aliphatic heterocycles. The van der Waals surface area contributed by atoms with Gasteiger partial charge in [0.05, 0.1) is 17.9 Å². The van der Waals surface area contributed by atoms with Crippen molar-refractivity contribution in [2.24, 2.45) is 17.8 Å². The first-order valence-corrected chi connectivity index (χ1v) is 9.76. The van der Waals surface area contributed by atoms with Crippen molar-refractivity contribution < 1.29 is 14.4 Å². The van der Waals surface area contributed by atoms with Crippen LogP contribution >= 0.6 is 11.6 Å². The van der Waals surface area contributed by atoms with E-state index in [9.17, 15) is 14.4 Å². The predicted octanol–water partition coefficient (Wildman–Crippen LogP) is 3.49. The number of allylic oxidation sites excluding steroid dienone is 2. The Balaban J connectivity index is 1.75. The summed E-state index contributed by atoms with van der Waals surface area (Å²) in [6, 6.07) is 6.27. The maximum absolute atomic E-state index is 12.9. The lowest BCUT2D eigenvalue weighted by Gasteiger charge is -2.28. The maximum Gasteiger partial charge on any atom is 0.243 e. The highest BCUT2D eigenvalue weighted by molar-refractivity contribution is 6.30. The molecule has 1 N–H and O–H groups in total. The number of halogens is 1. The number of nitrogens with zero attached hydrogens (tertiary/aromatic N) is 1. The molecule has 6 heteroatoms. The highest BCUT2D eigenvalue weighted by atomic mass is 35.5. The van der Waals surface area contributed by atoms with Crippen LogP contribution in [-0.2, 0) is 14.4 Å². The topological polar surface area (TPSA) is 66.5 Å². The van der Waals surface area contributed by atoms with E-state index in [-0.39, 0.29) is 41.5 Å². The molecular weight excluding hydrogens is 364 g/mol. The van der Waals surface area contributed by atoms with Gasteiger partial charge in [-0.05, 0) is 43.4 Å². The van der Waals surface area contributed by atoms with Gasteiger partial charge in [-0.3, -0.25) is 19.3 Å². The number of amides is 3. The van der Waals surface area contributed by atoms with Gasteiger partial charge in [-0.25, -0.2) is 0 Å². The van der Waals surface area contributed by atoms with Crippen LogP contribution in [0, 0.1) is 17.8 Å². The van der Waals surface area contributed by atoms with Gasteiger partial charge in [-0.15, -0.1) is 0 Å². The number of imide groups is 1. The third-order valence-electron chi connectivity index (χ3n) is 5.50. The first kappa shape index (κ1) is 19.6. The SMILES string of the molecule is CC(C)C(NC(=O)C(C)N1C(=O)C2CC=CCC2C1=O)c1ccc(Cl)cc1. The zero-order chi connectivity index (χ0) is 19.7. The van der Waals surface area contributed by atoms with E-state index in [1.54, 1.807) is 19.1 Å². The number of carbonyl (C=O) groups is 3. The molecule has 0 spiro atoms. The summed E-state index contributed by atoms with van der Waals surface area (Å²) in [6.45, 7) is 5.64. The summed E-state index contributed by atoms with van der Waals surface area (Å²) in [5, 5.41) is 3.64. The normalized spacial score (nSPS) is 24.1. The van der Waals surface area contributed by atoms with Crippen molar-refractivity contribution in [3.8, 4) is 0 Å². The molecule has 4 unspecified atom stereocenters. The van der Waals surface area contributed by atoms with Crippen LogP contribution in [0.3, 0.4) is 0 Å². The second-order valence-electron chi connectivity index (χ2n) is 7.66. The second-order valence-corrected chi connectivity index (χ2v) is 8.10. The van der Waals surface area contributed by atoms with Gasteiger partial charge in [0.1, 0.15) is 6.04 Å². The van der Waals surface area contributed by atoms with Crippen molar-refractivity contribution >= 4 is 29.3 Å². The Labute approximate surface area is 164 Å². The number of hydrogen-bond acceptors (Lipinski definition) is 3. The Morgan fingerprint density at radius 3 is 2.04 bits per heavy atom. The molecule has 5 nitrogen and oxygen atoms in total. The predicted molar refractivity (Wildman–Crippen MR) is 104 cm³/mol. The Kier molecular flexibility index (Phi) is 5.70. The monoisotopic (exact) mass is 388 g/mol. The number of rotatable bonds is 5. The standard InChI is InChI=1S/C21H25ClN2O3/c1-12(2)18(14-8-10-15(22)11-9-14)23-19(25)13(3)24-20(26)16-6-4-5-7-17(16)21(24)27/h4-5,8-13,16-18H,6-7H2,1-3H3,(H,23,25). The molecular formula is C21H25ClN2O3. The molecule has 1 heterocycles. The zero-order valence-corrected chi connectivity index (χ0v) is 16.6. The molecule has 1 aliphatic carbocycles. The minimum Gasteiger partial charge on any atom is -0.347 e. The van der Waals surface area contributed by atoms with Gasteiger partial charge < -0.3 is 5.32 Å². The lowest BCUT2D eigenvalue weighted by atomic mass is 9.85. The van der Waals surface area contributed by atoms with E-state index >= 15 is 0 Å². The molecule has 2 aliphatic rings. The van der Waals surface area contributed by atoms with E-state index in [2.05, 4.69) is 5.32 Å². The molecule has 0 radical (unpaired) electrons. The van der Waals surface area contributed by atoms with Crippen LogP contribution in [0.1, 0.15) is 45.2 Å². The summed E-state index contributed by atoms with van der Waals surface area (Å²) in [6.07, 6.45) is 5.02. The molecule has 27 heavy (non-hydrogen) atoms. The van der Waals surface area contributed by atoms with Crippen LogP contribution < -0.4 is 5.32 Å². The van der Waals surface area contributed by atoms with Gasteiger partial charge in [-0.1, -0.05) is 49.7 Å². The lowest BCUT2D eigenvalue weighted by Crippen LogP contribution is -2.49. The first-order valence-electron chi connectivity index (χ1n) is 9.39. The number of likely N-dealkylation sites (tertiary alicyclic amines) is 1. The fourth-order valence-corrected chi connectivity index (χ4v) is 4.03. The van der Waals surface area contributed by atoms with E-state index in [1.807, 2.05) is 38.1 Å². The van der Waals surface area contributed by atoms with E-state index in [4.69, 9.17) is 11.6 Å². The number of benzene rings is 1. The van der Waals surface area contributed by atoms with Crippen molar-refractivity contribution in [1.82, 2.24) is 10.2 Å². The molecule has 3 amide bonds. The van der Waals surface area contributed by atoms with Crippen molar-refractivity contribution in [3.63, 3.8) is 0 Å². The smallest absolute Gasteiger partial charge is 0.243 e. The van der Waals surface area contributed by atoms with Crippen molar-refractivity contribution in [2.45, 2.75) is 45.7 Å². The maximum atomic E-state index is 12.9. The van der Waals surface area contributed by atoms with Crippen LogP contribution in [0.15, 0.2) is 36.4 Å². The number of fused-ring (bicyclic) bond motifs is 1. The number of hydrogen-bond donors (Lipinski definition) is 1. The molecule has 0 aromatic heterocycles. The van der Waals surface area contributed by atoms with Crippen molar-refractivity contribution in [1.29, 1.82) is 0 Å². The second kappa shape index (κ2) is 7.85. The molecule has 1 fully saturated rings. The van der Waals surface area contributed by atoms with Gasteiger partial charge in [0.2, 0.25) is 17.7 Å². The largest absolute Gasteiger partial charge is 0.347 e. The molecule has 1 saturated heterocycles.